The molecule has 0 saturated heterocycles. The van der Waals surface area contributed by atoms with Gasteiger partial charge in [0.2, 0.25) is 5.91 Å². The summed E-state index contributed by atoms with van der Waals surface area (Å²) in [6.07, 6.45) is 2.46. The standard InChI is InChI=1S/C15H23BrN4O/c1-3-4-8-18-15(17)19-9-7-14(21)20-13-6-5-12(16)10-11(13)2/h5-6,10H,3-4,7-9H2,1-2H3,(H,20,21)(H3,17,18,19). The van der Waals surface area contributed by atoms with Gasteiger partial charge in [0.1, 0.15) is 0 Å². The number of unbranched alkanes of at least 4 members (excludes halogenated alkanes) is 1. The van der Waals surface area contributed by atoms with Gasteiger partial charge in [-0.1, -0.05) is 29.3 Å². The van der Waals surface area contributed by atoms with Crippen molar-refractivity contribution in [3.8, 4) is 0 Å². The fraction of sp³-hybridized carbons (Fsp3) is 0.467. The molecule has 6 heteroatoms. The molecule has 1 aromatic rings. The summed E-state index contributed by atoms with van der Waals surface area (Å²) in [5.41, 5.74) is 7.54. The highest BCUT2D eigenvalue weighted by Gasteiger charge is 2.05. The van der Waals surface area contributed by atoms with Gasteiger partial charge in [-0.15, -0.1) is 0 Å². The lowest BCUT2D eigenvalue weighted by atomic mass is 10.2. The number of rotatable bonds is 7. The zero-order valence-corrected chi connectivity index (χ0v) is 14.2. The number of carbonyl (C=O) groups is 1. The summed E-state index contributed by atoms with van der Waals surface area (Å²) >= 11 is 3.40. The number of carbonyl (C=O) groups excluding carboxylic acids is 1. The second-order valence-electron chi connectivity index (χ2n) is 4.80. The molecule has 0 unspecified atom stereocenters. The van der Waals surface area contributed by atoms with E-state index in [4.69, 9.17) is 5.73 Å². The topological polar surface area (TPSA) is 79.5 Å². The van der Waals surface area contributed by atoms with E-state index < -0.39 is 0 Å². The smallest absolute Gasteiger partial charge is 0.226 e. The Balaban J connectivity index is 2.32. The molecule has 0 aliphatic rings. The van der Waals surface area contributed by atoms with Crippen molar-refractivity contribution in [2.45, 2.75) is 33.1 Å². The Labute approximate surface area is 134 Å². The van der Waals surface area contributed by atoms with Gasteiger partial charge in [-0.3, -0.25) is 9.79 Å². The van der Waals surface area contributed by atoms with E-state index in [9.17, 15) is 4.79 Å². The third kappa shape index (κ3) is 7.13. The van der Waals surface area contributed by atoms with Crippen LogP contribution in [-0.2, 0) is 4.79 Å². The van der Waals surface area contributed by atoms with Crippen molar-refractivity contribution in [2.75, 3.05) is 18.4 Å². The Bertz CT molecular complexity index is 502. The number of amides is 1. The molecule has 0 radical (unpaired) electrons. The molecule has 1 amide bonds. The Morgan fingerprint density at radius 1 is 1.43 bits per heavy atom. The van der Waals surface area contributed by atoms with E-state index in [2.05, 4.69) is 38.5 Å². The molecule has 0 spiro atoms. The highest BCUT2D eigenvalue weighted by molar-refractivity contribution is 9.10. The minimum absolute atomic E-state index is 0.0470. The number of nitrogens with one attached hydrogen (secondary N) is 2. The Morgan fingerprint density at radius 2 is 2.19 bits per heavy atom. The summed E-state index contributed by atoms with van der Waals surface area (Å²) in [7, 11) is 0. The van der Waals surface area contributed by atoms with E-state index in [0.29, 0.717) is 18.9 Å². The number of nitrogens with zero attached hydrogens (tertiary/aromatic N) is 1. The van der Waals surface area contributed by atoms with E-state index >= 15 is 0 Å². The Hall–Kier alpha value is -1.56. The highest BCUT2D eigenvalue weighted by atomic mass is 79.9. The summed E-state index contributed by atoms with van der Waals surface area (Å²) in [4.78, 5) is 16.0. The largest absolute Gasteiger partial charge is 0.370 e. The zero-order valence-electron chi connectivity index (χ0n) is 12.6. The van der Waals surface area contributed by atoms with Crippen LogP contribution in [-0.4, -0.2) is 25.0 Å². The molecule has 5 nitrogen and oxygen atoms in total. The number of halogens is 1. The van der Waals surface area contributed by atoms with Gasteiger partial charge in [0.15, 0.2) is 5.96 Å². The van der Waals surface area contributed by atoms with Crippen LogP contribution in [0, 0.1) is 6.92 Å². The number of hydrogen-bond acceptors (Lipinski definition) is 2. The lowest BCUT2D eigenvalue weighted by Gasteiger charge is -2.09. The Kier molecular flexibility index (Phi) is 7.82. The SMILES string of the molecule is CCCCN=C(N)NCCC(=O)Nc1ccc(Br)cc1C. The number of guanidine groups is 1. The van der Waals surface area contributed by atoms with Gasteiger partial charge in [-0.05, 0) is 37.1 Å². The molecule has 0 heterocycles. The molecule has 0 aliphatic carbocycles. The van der Waals surface area contributed by atoms with E-state index in [1.54, 1.807) is 0 Å². The number of nitrogens with two attached hydrogens (primary N) is 1. The molecule has 0 fully saturated rings. The van der Waals surface area contributed by atoms with Crippen molar-refractivity contribution in [3.05, 3.63) is 28.2 Å². The lowest BCUT2D eigenvalue weighted by Crippen LogP contribution is -2.34. The van der Waals surface area contributed by atoms with Crippen LogP contribution in [0.2, 0.25) is 0 Å². The Morgan fingerprint density at radius 3 is 2.86 bits per heavy atom. The van der Waals surface area contributed by atoms with Gasteiger partial charge in [0, 0.05) is 29.7 Å². The normalized spacial score (nSPS) is 11.3. The maximum Gasteiger partial charge on any atom is 0.226 e. The predicted octanol–water partition coefficient (Wildman–Crippen LogP) is 2.79. The minimum atomic E-state index is -0.0470. The van der Waals surface area contributed by atoms with Crippen LogP contribution in [0.4, 0.5) is 5.69 Å². The third-order valence-corrected chi connectivity index (χ3v) is 3.41. The second-order valence-corrected chi connectivity index (χ2v) is 5.72. The molecule has 0 aromatic heterocycles. The maximum absolute atomic E-state index is 11.8. The quantitative estimate of drug-likeness (QED) is 0.400. The molecule has 0 bridgehead atoms. The summed E-state index contributed by atoms with van der Waals surface area (Å²) in [6, 6.07) is 5.75. The van der Waals surface area contributed by atoms with Gasteiger partial charge < -0.3 is 16.4 Å². The molecule has 0 saturated carbocycles. The average molecular weight is 355 g/mol. The van der Waals surface area contributed by atoms with Gasteiger partial charge in [-0.25, -0.2) is 0 Å². The number of anilines is 1. The molecule has 0 aliphatic heterocycles. The van der Waals surface area contributed by atoms with Crippen molar-refractivity contribution in [1.29, 1.82) is 0 Å². The van der Waals surface area contributed by atoms with E-state index in [-0.39, 0.29) is 5.91 Å². The van der Waals surface area contributed by atoms with Crippen molar-refractivity contribution in [2.24, 2.45) is 10.7 Å². The molecule has 4 N–H and O–H groups in total. The third-order valence-electron chi connectivity index (χ3n) is 2.91. The minimum Gasteiger partial charge on any atom is -0.370 e. The number of aliphatic imine (C=N–C) groups is 1. The summed E-state index contributed by atoms with van der Waals surface area (Å²) < 4.78 is 0.996. The molecule has 1 aromatic carbocycles. The van der Waals surface area contributed by atoms with Crippen LogP contribution in [0.1, 0.15) is 31.7 Å². The van der Waals surface area contributed by atoms with Crippen molar-refractivity contribution < 1.29 is 4.79 Å². The van der Waals surface area contributed by atoms with Gasteiger partial charge in [0.25, 0.3) is 0 Å². The molecule has 0 atom stereocenters. The number of aryl methyl sites for hydroxylation is 1. The average Bonchev–Trinajstić information content (AvgIpc) is 2.42. The number of benzene rings is 1. The first-order chi connectivity index (χ1) is 10.0. The predicted molar refractivity (Wildman–Crippen MR) is 91.5 cm³/mol. The summed E-state index contributed by atoms with van der Waals surface area (Å²) in [5.74, 6) is 0.352. The van der Waals surface area contributed by atoms with Gasteiger partial charge in [0.05, 0.1) is 0 Å². The van der Waals surface area contributed by atoms with Crippen molar-refractivity contribution in [3.63, 3.8) is 0 Å². The maximum atomic E-state index is 11.8. The van der Waals surface area contributed by atoms with Gasteiger partial charge in [-0.2, -0.15) is 0 Å². The van der Waals surface area contributed by atoms with Crippen molar-refractivity contribution in [1.82, 2.24) is 5.32 Å². The molecular formula is C15H23BrN4O. The van der Waals surface area contributed by atoms with Crippen LogP contribution in [0.5, 0.6) is 0 Å². The fourth-order valence-electron chi connectivity index (χ4n) is 1.70. The van der Waals surface area contributed by atoms with Crippen LogP contribution in [0.25, 0.3) is 0 Å². The van der Waals surface area contributed by atoms with Crippen LogP contribution >= 0.6 is 15.9 Å². The molecule has 1 rings (SSSR count). The van der Waals surface area contributed by atoms with Crippen molar-refractivity contribution >= 4 is 33.5 Å². The molecule has 21 heavy (non-hydrogen) atoms. The van der Waals surface area contributed by atoms with E-state index in [1.165, 1.54) is 0 Å². The first-order valence-corrected chi connectivity index (χ1v) is 7.92. The first-order valence-electron chi connectivity index (χ1n) is 7.12. The lowest BCUT2D eigenvalue weighted by molar-refractivity contribution is -0.116. The van der Waals surface area contributed by atoms with E-state index in [1.807, 2.05) is 25.1 Å². The second kappa shape index (κ2) is 9.39. The molecular weight excluding hydrogens is 332 g/mol. The summed E-state index contributed by atoms with van der Waals surface area (Å²) in [6.45, 7) is 5.26. The van der Waals surface area contributed by atoms with E-state index in [0.717, 1.165) is 35.1 Å². The fourth-order valence-corrected chi connectivity index (χ4v) is 2.17. The van der Waals surface area contributed by atoms with Crippen LogP contribution in [0.3, 0.4) is 0 Å². The van der Waals surface area contributed by atoms with Crippen LogP contribution in [0.15, 0.2) is 27.7 Å². The zero-order chi connectivity index (χ0) is 15.7. The van der Waals surface area contributed by atoms with Crippen LogP contribution < -0.4 is 16.4 Å². The highest BCUT2D eigenvalue weighted by Crippen LogP contribution is 2.19. The van der Waals surface area contributed by atoms with Gasteiger partial charge >= 0.3 is 0 Å². The molecule has 116 valence electrons. The monoisotopic (exact) mass is 354 g/mol. The first kappa shape index (κ1) is 17.5. The number of hydrogen-bond donors (Lipinski definition) is 3. The summed E-state index contributed by atoms with van der Waals surface area (Å²) in [5, 5.41) is 5.82.